The summed E-state index contributed by atoms with van der Waals surface area (Å²) in [5, 5.41) is 8.87. The van der Waals surface area contributed by atoms with Crippen LogP contribution < -0.4 is 0 Å². The topological polar surface area (TPSA) is 40.5 Å². The molecule has 0 aromatic heterocycles. The highest BCUT2D eigenvalue weighted by Gasteiger charge is 2.39. The number of alkyl halides is 2. The van der Waals surface area contributed by atoms with Crippen molar-refractivity contribution in [2.75, 3.05) is 13.1 Å². The molecule has 1 aliphatic carbocycles. The van der Waals surface area contributed by atoms with Crippen LogP contribution in [0, 0.1) is 5.92 Å². The average Bonchev–Trinajstić information content (AvgIpc) is 2.66. The van der Waals surface area contributed by atoms with E-state index in [9.17, 15) is 13.6 Å². The van der Waals surface area contributed by atoms with Gasteiger partial charge < -0.3 is 5.11 Å². The highest BCUT2D eigenvalue weighted by Crippen LogP contribution is 2.36. The van der Waals surface area contributed by atoms with Gasteiger partial charge in [-0.2, -0.15) is 0 Å². The zero-order valence-electron chi connectivity index (χ0n) is 9.16. The predicted molar refractivity (Wildman–Crippen MR) is 54.5 cm³/mol. The van der Waals surface area contributed by atoms with Crippen molar-refractivity contribution in [2.24, 2.45) is 5.92 Å². The maximum atomic E-state index is 13.0. The van der Waals surface area contributed by atoms with Gasteiger partial charge in [0.05, 0.1) is 5.92 Å². The van der Waals surface area contributed by atoms with E-state index < -0.39 is 11.9 Å². The van der Waals surface area contributed by atoms with E-state index in [1.54, 1.807) is 0 Å². The van der Waals surface area contributed by atoms with Crippen LogP contribution in [0.25, 0.3) is 0 Å². The number of likely N-dealkylation sites (tertiary alicyclic amines) is 1. The lowest BCUT2D eigenvalue weighted by Crippen LogP contribution is -2.39. The second kappa shape index (κ2) is 4.28. The van der Waals surface area contributed by atoms with Crippen LogP contribution in [0.5, 0.6) is 0 Å². The lowest BCUT2D eigenvalue weighted by Gasteiger charge is -2.34. The summed E-state index contributed by atoms with van der Waals surface area (Å²) in [5.74, 6) is -3.56. The highest BCUT2D eigenvalue weighted by molar-refractivity contribution is 5.70. The number of hydrogen-bond acceptors (Lipinski definition) is 2. The lowest BCUT2D eigenvalue weighted by atomic mass is 9.91. The number of carboxylic acid groups (broad SMARTS) is 1. The van der Waals surface area contributed by atoms with Crippen molar-refractivity contribution in [3.63, 3.8) is 0 Å². The quantitative estimate of drug-likeness (QED) is 0.792. The van der Waals surface area contributed by atoms with Crippen LogP contribution >= 0.6 is 0 Å². The van der Waals surface area contributed by atoms with E-state index in [2.05, 4.69) is 4.90 Å². The number of nitrogens with zero attached hydrogens (tertiary/aromatic N) is 1. The zero-order chi connectivity index (χ0) is 11.8. The Hall–Kier alpha value is -0.710. The molecule has 1 aliphatic heterocycles. The third kappa shape index (κ3) is 2.51. The number of halogens is 2. The van der Waals surface area contributed by atoms with Gasteiger partial charge in [0, 0.05) is 25.4 Å². The van der Waals surface area contributed by atoms with E-state index in [1.165, 1.54) is 0 Å². The van der Waals surface area contributed by atoms with Gasteiger partial charge in [-0.15, -0.1) is 0 Å². The molecular formula is C11H17F2NO2. The smallest absolute Gasteiger partial charge is 0.307 e. The highest BCUT2D eigenvalue weighted by atomic mass is 19.3. The van der Waals surface area contributed by atoms with E-state index >= 15 is 0 Å². The zero-order valence-corrected chi connectivity index (χ0v) is 9.16. The molecule has 0 spiro atoms. The lowest BCUT2D eigenvalue weighted by molar-refractivity contribution is -0.141. The van der Waals surface area contributed by atoms with Crippen LogP contribution in [-0.4, -0.2) is 41.0 Å². The van der Waals surface area contributed by atoms with Crippen LogP contribution in [0.3, 0.4) is 0 Å². The van der Waals surface area contributed by atoms with Crippen molar-refractivity contribution in [3.05, 3.63) is 0 Å². The molecule has 2 aliphatic rings. The molecule has 0 amide bonds. The SMILES string of the molecule is O=C(O)C1CCN(C2CCC(F)(F)CC2)C1. The molecule has 0 bridgehead atoms. The van der Waals surface area contributed by atoms with Crippen molar-refractivity contribution in [3.8, 4) is 0 Å². The Bertz CT molecular complexity index is 273. The van der Waals surface area contributed by atoms with Crippen LogP contribution in [-0.2, 0) is 4.79 Å². The Labute approximate surface area is 93.4 Å². The largest absolute Gasteiger partial charge is 0.481 e. The van der Waals surface area contributed by atoms with E-state index in [0.717, 1.165) is 6.54 Å². The fraction of sp³-hybridized carbons (Fsp3) is 0.909. The molecule has 1 saturated heterocycles. The maximum absolute atomic E-state index is 13.0. The molecule has 2 rings (SSSR count). The minimum absolute atomic E-state index is 0.0497. The van der Waals surface area contributed by atoms with E-state index in [1.807, 2.05) is 0 Å². The Balaban J connectivity index is 1.85. The van der Waals surface area contributed by atoms with E-state index in [4.69, 9.17) is 5.11 Å². The second-order valence-electron chi connectivity index (χ2n) is 4.91. The third-order valence-electron chi connectivity index (χ3n) is 3.77. The van der Waals surface area contributed by atoms with Gasteiger partial charge in [0.2, 0.25) is 5.92 Å². The summed E-state index contributed by atoms with van der Waals surface area (Å²) >= 11 is 0. The summed E-state index contributed by atoms with van der Waals surface area (Å²) in [6.07, 6.45) is 1.55. The molecule has 1 heterocycles. The van der Waals surface area contributed by atoms with E-state index in [0.29, 0.717) is 25.8 Å². The Morgan fingerprint density at radius 1 is 1.25 bits per heavy atom. The van der Waals surface area contributed by atoms with Crippen LogP contribution in [0.1, 0.15) is 32.1 Å². The van der Waals surface area contributed by atoms with Gasteiger partial charge in [-0.25, -0.2) is 8.78 Å². The Kier molecular flexibility index (Phi) is 3.15. The number of aliphatic carboxylic acids is 1. The van der Waals surface area contributed by atoms with Gasteiger partial charge >= 0.3 is 5.97 Å². The molecular weight excluding hydrogens is 216 g/mol. The number of hydrogen-bond donors (Lipinski definition) is 1. The molecule has 5 heteroatoms. The molecule has 0 aromatic rings. The monoisotopic (exact) mass is 233 g/mol. The second-order valence-corrected chi connectivity index (χ2v) is 4.91. The van der Waals surface area contributed by atoms with Gasteiger partial charge in [0.1, 0.15) is 0 Å². The first-order valence-corrected chi connectivity index (χ1v) is 5.83. The summed E-state index contributed by atoms with van der Waals surface area (Å²) in [6.45, 7) is 1.28. The van der Waals surface area contributed by atoms with Crippen molar-refractivity contribution in [1.82, 2.24) is 4.90 Å². The minimum atomic E-state index is -2.50. The minimum Gasteiger partial charge on any atom is -0.481 e. The van der Waals surface area contributed by atoms with Crippen molar-refractivity contribution < 1.29 is 18.7 Å². The summed E-state index contributed by atoms with van der Waals surface area (Å²) in [7, 11) is 0. The molecule has 0 radical (unpaired) electrons. The van der Waals surface area contributed by atoms with E-state index in [-0.39, 0.29) is 24.8 Å². The number of rotatable bonds is 2. The van der Waals surface area contributed by atoms with Crippen LogP contribution in [0.2, 0.25) is 0 Å². The first kappa shape index (κ1) is 11.8. The van der Waals surface area contributed by atoms with Crippen molar-refractivity contribution in [2.45, 2.75) is 44.1 Å². The van der Waals surface area contributed by atoms with Gasteiger partial charge in [0.15, 0.2) is 0 Å². The summed E-state index contributed by atoms with van der Waals surface area (Å²) in [4.78, 5) is 12.9. The van der Waals surface area contributed by atoms with Crippen molar-refractivity contribution in [1.29, 1.82) is 0 Å². The molecule has 92 valence electrons. The normalized spacial score (nSPS) is 31.8. The van der Waals surface area contributed by atoms with Gasteiger partial charge in [-0.1, -0.05) is 0 Å². The molecule has 2 fully saturated rings. The fourth-order valence-electron chi connectivity index (χ4n) is 2.71. The number of carbonyl (C=O) groups is 1. The molecule has 1 saturated carbocycles. The van der Waals surface area contributed by atoms with Crippen LogP contribution in [0.15, 0.2) is 0 Å². The standard InChI is InChI=1S/C11H17F2NO2/c12-11(13)4-1-9(2-5-11)14-6-3-8(7-14)10(15)16/h8-9H,1-7H2,(H,15,16). The van der Waals surface area contributed by atoms with Gasteiger partial charge in [-0.3, -0.25) is 9.69 Å². The predicted octanol–water partition coefficient (Wildman–Crippen LogP) is 1.97. The summed E-state index contributed by atoms with van der Waals surface area (Å²) < 4.78 is 25.9. The first-order chi connectivity index (χ1) is 7.48. The summed E-state index contributed by atoms with van der Waals surface area (Å²) in [5.41, 5.74) is 0. The fourth-order valence-corrected chi connectivity index (χ4v) is 2.71. The molecule has 0 aromatic carbocycles. The summed E-state index contributed by atoms with van der Waals surface area (Å²) in [6, 6.07) is 0.170. The van der Waals surface area contributed by atoms with Crippen molar-refractivity contribution >= 4 is 5.97 Å². The molecule has 16 heavy (non-hydrogen) atoms. The molecule has 1 N–H and O–H groups in total. The van der Waals surface area contributed by atoms with Gasteiger partial charge in [0.25, 0.3) is 0 Å². The Morgan fingerprint density at radius 3 is 2.38 bits per heavy atom. The third-order valence-corrected chi connectivity index (χ3v) is 3.77. The molecule has 1 atom stereocenters. The molecule has 1 unspecified atom stereocenters. The Morgan fingerprint density at radius 2 is 1.88 bits per heavy atom. The molecule has 3 nitrogen and oxygen atoms in total. The number of carboxylic acids is 1. The van der Waals surface area contributed by atoms with Crippen LogP contribution in [0.4, 0.5) is 8.78 Å². The average molecular weight is 233 g/mol. The first-order valence-electron chi connectivity index (χ1n) is 5.83. The maximum Gasteiger partial charge on any atom is 0.307 e. The van der Waals surface area contributed by atoms with Gasteiger partial charge in [-0.05, 0) is 25.8 Å².